The van der Waals surface area contributed by atoms with Gasteiger partial charge in [0, 0.05) is 18.4 Å². The van der Waals surface area contributed by atoms with Crippen molar-refractivity contribution in [2.45, 2.75) is 45.2 Å². The van der Waals surface area contributed by atoms with Gasteiger partial charge in [0.15, 0.2) is 6.10 Å². The zero-order chi connectivity index (χ0) is 20.6. The van der Waals surface area contributed by atoms with Crippen LogP contribution in [0.3, 0.4) is 0 Å². The van der Waals surface area contributed by atoms with Gasteiger partial charge >= 0.3 is 11.6 Å². The first-order valence-corrected chi connectivity index (χ1v) is 9.44. The molecule has 0 radical (unpaired) electrons. The largest absolute Gasteiger partial charge is 0.484 e. The summed E-state index contributed by atoms with van der Waals surface area (Å²) in [6.45, 7) is 5.43. The monoisotopic (exact) mass is 394 g/mol. The number of benzene rings is 2. The molecule has 0 bridgehead atoms. The van der Waals surface area contributed by atoms with Gasteiger partial charge in [-0.3, -0.25) is 4.79 Å². The van der Waals surface area contributed by atoms with Gasteiger partial charge in [-0.2, -0.15) is 0 Å². The molecule has 0 saturated heterocycles. The molecule has 2 aromatic carbocycles. The molecular formula is C23H22O6. The lowest BCUT2D eigenvalue weighted by molar-refractivity contribution is -0.181. The van der Waals surface area contributed by atoms with Gasteiger partial charge in [-0.25, -0.2) is 4.79 Å². The molecule has 4 rings (SSSR count). The van der Waals surface area contributed by atoms with Crippen molar-refractivity contribution in [3.05, 3.63) is 76.1 Å². The number of rotatable bonds is 4. The van der Waals surface area contributed by atoms with Gasteiger partial charge in [0.2, 0.25) is 0 Å². The molecule has 0 N–H and O–H groups in total. The van der Waals surface area contributed by atoms with Crippen LogP contribution in [-0.2, 0) is 20.9 Å². The van der Waals surface area contributed by atoms with Crippen LogP contribution < -0.4 is 10.4 Å². The Labute approximate surface area is 168 Å². The Morgan fingerprint density at radius 1 is 1.07 bits per heavy atom. The van der Waals surface area contributed by atoms with Crippen LogP contribution in [0.2, 0.25) is 0 Å². The molecule has 29 heavy (non-hydrogen) atoms. The fourth-order valence-electron chi connectivity index (χ4n) is 3.70. The first-order chi connectivity index (χ1) is 13.8. The highest BCUT2D eigenvalue weighted by Gasteiger charge is 2.48. The van der Waals surface area contributed by atoms with E-state index in [1.54, 1.807) is 12.1 Å². The number of fused-ring (bicyclic) bond motifs is 3. The van der Waals surface area contributed by atoms with Crippen LogP contribution in [0.1, 0.15) is 38.0 Å². The Hall–Kier alpha value is -3.12. The molecule has 2 atom stereocenters. The minimum absolute atomic E-state index is 0.320. The smallest absolute Gasteiger partial charge is 0.336 e. The first kappa shape index (κ1) is 19.2. The van der Waals surface area contributed by atoms with E-state index in [1.807, 2.05) is 50.2 Å². The van der Waals surface area contributed by atoms with Gasteiger partial charge < -0.3 is 18.6 Å². The molecule has 1 aliphatic heterocycles. The molecular weight excluding hydrogens is 372 g/mol. The van der Waals surface area contributed by atoms with Crippen molar-refractivity contribution in [2.75, 3.05) is 0 Å². The molecule has 0 saturated carbocycles. The summed E-state index contributed by atoms with van der Waals surface area (Å²) in [6.07, 6.45) is -1.40. The third kappa shape index (κ3) is 3.76. The van der Waals surface area contributed by atoms with Gasteiger partial charge in [0.25, 0.3) is 0 Å². The summed E-state index contributed by atoms with van der Waals surface area (Å²) in [7, 11) is 0. The van der Waals surface area contributed by atoms with E-state index in [2.05, 4.69) is 0 Å². The molecule has 1 aromatic heterocycles. The van der Waals surface area contributed by atoms with Crippen molar-refractivity contribution >= 4 is 16.9 Å². The van der Waals surface area contributed by atoms with Crippen LogP contribution in [0.25, 0.3) is 11.0 Å². The summed E-state index contributed by atoms with van der Waals surface area (Å²) < 4.78 is 23.6. The number of hydrogen-bond acceptors (Lipinski definition) is 6. The van der Waals surface area contributed by atoms with Crippen LogP contribution in [0.15, 0.2) is 63.8 Å². The van der Waals surface area contributed by atoms with Gasteiger partial charge in [0.05, 0.1) is 12.2 Å². The van der Waals surface area contributed by atoms with E-state index in [4.69, 9.17) is 18.6 Å². The van der Waals surface area contributed by atoms with Crippen molar-refractivity contribution in [3.8, 4) is 5.75 Å². The standard InChI is InChI=1S/C23H22O6/c1-14(24)27-21-19-17(11-9-16-10-12-18(25)28-20(16)19)29-23(2,3)22(21)26-13-15-7-5-4-6-8-15/h4-12,21-22H,13H2,1-3H3/t21-,22+/m1/s1. The lowest BCUT2D eigenvalue weighted by Gasteiger charge is -2.43. The van der Waals surface area contributed by atoms with Crippen LogP contribution in [0.4, 0.5) is 0 Å². The minimum atomic E-state index is -0.788. The molecule has 3 aromatic rings. The Balaban J connectivity index is 1.82. The van der Waals surface area contributed by atoms with Crippen molar-refractivity contribution in [1.29, 1.82) is 0 Å². The zero-order valence-corrected chi connectivity index (χ0v) is 16.5. The predicted molar refractivity (Wildman–Crippen MR) is 107 cm³/mol. The van der Waals surface area contributed by atoms with Gasteiger partial charge in [-0.1, -0.05) is 30.3 Å². The number of hydrogen-bond donors (Lipinski definition) is 0. The van der Waals surface area contributed by atoms with E-state index in [0.717, 1.165) is 5.56 Å². The van der Waals surface area contributed by atoms with Gasteiger partial charge in [-0.15, -0.1) is 0 Å². The molecule has 0 aliphatic carbocycles. The van der Waals surface area contributed by atoms with Crippen molar-refractivity contribution in [2.24, 2.45) is 0 Å². The number of carbonyl (C=O) groups is 1. The quantitative estimate of drug-likeness (QED) is 0.489. The molecule has 6 nitrogen and oxygen atoms in total. The molecule has 0 fully saturated rings. The first-order valence-electron chi connectivity index (χ1n) is 9.44. The van der Waals surface area contributed by atoms with Crippen LogP contribution in [-0.4, -0.2) is 17.7 Å². The normalized spacial score (nSPS) is 20.0. The van der Waals surface area contributed by atoms with Gasteiger partial charge in [0.1, 0.15) is 23.0 Å². The SMILES string of the molecule is CC(=O)O[C@@H]1c2c(ccc3ccc(=O)oc23)OC(C)(C)[C@H]1OCc1ccccc1. The summed E-state index contributed by atoms with van der Waals surface area (Å²) in [5, 5.41) is 0.714. The highest BCUT2D eigenvalue weighted by atomic mass is 16.6. The van der Waals surface area contributed by atoms with Crippen molar-refractivity contribution in [1.82, 2.24) is 0 Å². The Kier molecular flexibility index (Phi) is 4.88. The van der Waals surface area contributed by atoms with E-state index < -0.39 is 29.4 Å². The molecule has 2 heterocycles. The number of esters is 1. The summed E-state index contributed by atoms with van der Waals surface area (Å²) in [5.74, 6) is 0.0462. The Bertz CT molecular complexity index is 1100. The average molecular weight is 394 g/mol. The lowest BCUT2D eigenvalue weighted by atomic mass is 9.87. The zero-order valence-electron chi connectivity index (χ0n) is 16.5. The molecule has 6 heteroatoms. The Morgan fingerprint density at radius 2 is 1.79 bits per heavy atom. The number of carbonyl (C=O) groups excluding carboxylic acids is 1. The maximum absolute atomic E-state index is 11.9. The topological polar surface area (TPSA) is 75.0 Å². The number of ether oxygens (including phenoxy) is 3. The highest BCUT2D eigenvalue weighted by Crippen LogP contribution is 2.46. The second kappa shape index (κ2) is 7.37. The molecule has 0 amide bonds. The van der Waals surface area contributed by atoms with E-state index in [9.17, 15) is 9.59 Å². The van der Waals surface area contributed by atoms with E-state index >= 15 is 0 Å². The van der Waals surface area contributed by atoms with Crippen molar-refractivity contribution in [3.63, 3.8) is 0 Å². The Morgan fingerprint density at radius 3 is 2.52 bits per heavy atom. The maximum Gasteiger partial charge on any atom is 0.336 e. The van der Waals surface area contributed by atoms with Crippen molar-refractivity contribution < 1.29 is 23.4 Å². The third-order valence-electron chi connectivity index (χ3n) is 4.97. The minimum Gasteiger partial charge on any atom is -0.484 e. The average Bonchev–Trinajstić information content (AvgIpc) is 2.66. The van der Waals surface area contributed by atoms with Gasteiger partial charge in [-0.05, 0) is 37.6 Å². The summed E-state index contributed by atoms with van der Waals surface area (Å²) in [5.41, 5.74) is 0.557. The van der Waals surface area contributed by atoms with E-state index in [1.165, 1.54) is 13.0 Å². The van der Waals surface area contributed by atoms with Crippen LogP contribution >= 0.6 is 0 Å². The van der Waals surface area contributed by atoms with E-state index in [0.29, 0.717) is 28.9 Å². The summed E-state index contributed by atoms with van der Waals surface area (Å²) in [6, 6.07) is 16.3. The summed E-state index contributed by atoms with van der Waals surface area (Å²) in [4.78, 5) is 23.8. The predicted octanol–water partition coefficient (Wildman–Crippen LogP) is 4.15. The van der Waals surface area contributed by atoms with E-state index in [-0.39, 0.29) is 0 Å². The molecule has 150 valence electrons. The third-order valence-corrected chi connectivity index (χ3v) is 4.97. The highest BCUT2D eigenvalue weighted by molar-refractivity contribution is 5.83. The lowest BCUT2D eigenvalue weighted by Crippen LogP contribution is -2.51. The maximum atomic E-state index is 11.9. The fraction of sp³-hybridized carbons (Fsp3) is 0.304. The fourth-order valence-corrected chi connectivity index (χ4v) is 3.70. The second-order valence-electron chi connectivity index (χ2n) is 7.60. The summed E-state index contributed by atoms with van der Waals surface area (Å²) >= 11 is 0. The molecule has 1 aliphatic rings. The molecule has 0 spiro atoms. The van der Waals surface area contributed by atoms with Crippen LogP contribution in [0.5, 0.6) is 5.75 Å². The second-order valence-corrected chi connectivity index (χ2v) is 7.60. The molecule has 0 unspecified atom stereocenters. The van der Waals surface area contributed by atoms with Crippen LogP contribution in [0, 0.1) is 0 Å².